The molecule has 0 aliphatic heterocycles. The van der Waals surface area contributed by atoms with E-state index in [1.165, 1.54) is 12.1 Å². The van der Waals surface area contributed by atoms with Crippen LogP contribution in [-0.4, -0.2) is 32.8 Å². The molecule has 0 heterocycles. The van der Waals surface area contributed by atoms with Crippen LogP contribution >= 0.6 is 23.2 Å². The summed E-state index contributed by atoms with van der Waals surface area (Å²) in [5.74, 6) is -0.158. The molecule has 3 N–H and O–H groups in total. The van der Waals surface area contributed by atoms with Gasteiger partial charge in [0.2, 0.25) is 15.9 Å². The van der Waals surface area contributed by atoms with Gasteiger partial charge in [0.1, 0.15) is 0 Å². The topological polar surface area (TPSA) is 92.5 Å². The smallest absolute Gasteiger partial charge is 0.238 e. The van der Waals surface area contributed by atoms with Crippen LogP contribution in [0.2, 0.25) is 10.0 Å². The number of hydrogen-bond donors (Lipinski definition) is 2. The molecule has 2 aromatic carbocycles. The zero-order chi connectivity index (χ0) is 21.1. The molecule has 28 heavy (non-hydrogen) atoms. The molecule has 9 heteroatoms. The van der Waals surface area contributed by atoms with Crippen molar-refractivity contribution in [2.24, 2.45) is 5.14 Å². The Kier molecular flexibility index (Phi) is 7.47. The van der Waals surface area contributed by atoms with Crippen molar-refractivity contribution in [1.82, 2.24) is 10.2 Å². The first-order chi connectivity index (χ1) is 13.0. The number of carbonyl (C=O) groups is 1. The normalized spacial score (nSPS) is 14.0. The Morgan fingerprint density at radius 1 is 1.14 bits per heavy atom. The standard InChI is InChI=1S/C19H23Cl2N3O3S/c1-12(17-9-6-15(20)10-18(17)21)23-19(25)11-24(3)13(2)14-4-7-16(8-5-14)28(22,26)27/h4-10,12-13H,11H2,1-3H3,(H,23,25)(H2,22,26,27). The molecule has 0 aromatic heterocycles. The Labute approximate surface area is 175 Å². The molecular formula is C19H23Cl2N3O3S. The Balaban J connectivity index is 1.99. The van der Waals surface area contributed by atoms with Gasteiger partial charge in [0.15, 0.2) is 0 Å². The summed E-state index contributed by atoms with van der Waals surface area (Å²) in [5, 5.41) is 9.07. The number of sulfonamides is 1. The predicted molar refractivity (Wildman–Crippen MR) is 112 cm³/mol. The third-order valence-corrected chi connectivity index (χ3v) is 6.04. The van der Waals surface area contributed by atoms with Gasteiger partial charge < -0.3 is 5.32 Å². The highest BCUT2D eigenvalue weighted by atomic mass is 35.5. The highest BCUT2D eigenvalue weighted by Gasteiger charge is 2.18. The molecule has 0 fully saturated rings. The quantitative estimate of drug-likeness (QED) is 0.684. The lowest BCUT2D eigenvalue weighted by molar-refractivity contribution is -0.123. The molecule has 152 valence electrons. The molecule has 2 unspecified atom stereocenters. The molecule has 0 spiro atoms. The van der Waals surface area contributed by atoms with Gasteiger partial charge >= 0.3 is 0 Å². The fourth-order valence-corrected chi connectivity index (χ4v) is 3.86. The maximum absolute atomic E-state index is 12.4. The van der Waals surface area contributed by atoms with Gasteiger partial charge in [0, 0.05) is 16.1 Å². The third kappa shape index (κ3) is 5.93. The van der Waals surface area contributed by atoms with E-state index in [0.717, 1.165) is 11.1 Å². The minimum absolute atomic E-state index is 0.0533. The SMILES string of the molecule is CC(NC(=O)CN(C)C(C)c1ccc(S(N)(=O)=O)cc1)c1ccc(Cl)cc1Cl. The second-order valence-corrected chi connectivity index (χ2v) is 9.07. The van der Waals surface area contributed by atoms with Crippen LogP contribution in [0.15, 0.2) is 47.4 Å². The van der Waals surface area contributed by atoms with Crippen molar-refractivity contribution < 1.29 is 13.2 Å². The molecular weight excluding hydrogens is 421 g/mol. The van der Waals surface area contributed by atoms with Crippen LogP contribution in [0.25, 0.3) is 0 Å². The Morgan fingerprint density at radius 3 is 2.29 bits per heavy atom. The molecule has 2 aromatic rings. The molecule has 0 bridgehead atoms. The molecule has 2 rings (SSSR count). The average Bonchev–Trinajstić information content (AvgIpc) is 2.60. The van der Waals surface area contributed by atoms with E-state index in [-0.39, 0.29) is 29.4 Å². The minimum Gasteiger partial charge on any atom is -0.348 e. The van der Waals surface area contributed by atoms with Crippen LogP contribution in [0.5, 0.6) is 0 Å². The summed E-state index contributed by atoms with van der Waals surface area (Å²) in [6, 6.07) is 11.1. The van der Waals surface area contributed by atoms with Crippen LogP contribution in [-0.2, 0) is 14.8 Å². The first-order valence-corrected chi connectivity index (χ1v) is 10.9. The summed E-state index contributed by atoms with van der Waals surface area (Å²) >= 11 is 12.1. The second kappa shape index (κ2) is 9.24. The van der Waals surface area contributed by atoms with Crippen LogP contribution in [0, 0.1) is 0 Å². The van der Waals surface area contributed by atoms with E-state index in [2.05, 4.69) is 5.32 Å². The van der Waals surface area contributed by atoms with E-state index in [9.17, 15) is 13.2 Å². The highest BCUT2D eigenvalue weighted by Crippen LogP contribution is 2.26. The van der Waals surface area contributed by atoms with E-state index in [1.807, 2.05) is 25.8 Å². The molecule has 6 nitrogen and oxygen atoms in total. The summed E-state index contributed by atoms with van der Waals surface area (Å²) in [5.41, 5.74) is 1.66. The Hall–Kier alpha value is -1.64. The van der Waals surface area contributed by atoms with Crippen LogP contribution in [0.4, 0.5) is 0 Å². The van der Waals surface area contributed by atoms with Crippen LogP contribution < -0.4 is 10.5 Å². The number of amides is 1. The molecule has 0 saturated carbocycles. The van der Waals surface area contributed by atoms with Gasteiger partial charge in [-0.05, 0) is 56.3 Å². The zero-order valence-corrected chi connectivity index (χ0v) is 18.1. The van der Waals surface area contributed by atoms with Gasteiger partial charge in [0.25, 0.3) is 0 Å². The first kappa shape index (κ1) is 22.6. The number of rotatable bonds is 7. The van der Waals surface area contributed by atoms with Gasteiger partial charge in [-0.2, -0.15) is 0 Å². The van der Waals surface area contributed by atoms with Crippen LogP contribution in [0.3, 0.4) is 0 Å². The van der Waals surface area contributed by atoms with Crippen molar-refractivity contribution in [3.63, 3.8) is 0 Å². The van der Waals surface area contributed by atoms with Gasteiger partial charge in [-0.3, -0.25) is 9.69 Å². The molecule has 0 radical (unpaired) electrons. The second-order valence-electron chi connectivity index (χ2n) is 6.66. The number of nitrogens with one attached hydrogen (secondary N) is 1. The number of carbonyl (C=O) groups excluding carboxylic acids is 1. The summed E-state index contributed by atoms with van der Waals surface area (Å²) in [6.45, 7) is 3.94. The minimum atomic E-state index is -3.73. The number of primary sulfonamides is 1. The molecule has 1 amide bonds. The first-order valence-electron chi connectivity index (χ1n) is 8.56. The van der Waals surface area contributed by atoms with Crippen molar-refractivity contribution in [2.45, 2.75) is 30.8 Å². The number of nitrogens with two attached hydrogens (primary N) is 1. The van der Waals surface area contributed by atoms with E-state index in [4.69, 9.17) is 28.3 Å². The third-order valence-electron chi connectivity index (χ3n) is 4.55. The lowest BCUT2D eigenvalue weighted by Crippen LogP contribution is -2.37. The maximum Gasteiger partial charge on any atom is 0.238 e. The van der Waals surface area contributed by atoms with Gasteiger partial charge in [-0.15, -0.1) is 0 Å². The molecule has 0 aliphatic rings. The number of halogens is 2. The summed E-state index contributed by atoms with van der Waals surface area (Å²) < 4.78 is 22.7. The Morgan fingerprint density at radius 2 is 1.75 bits per heavy atom. The predicted octanol–water partition coefficient (Wildman–Crippen LogP) is 3.51. The van der Waals surface area contributed by atoms with Crippen molar-refractivity contribution in [3.8, 4) is 0 Å². The summed E-state index contributed by atoms with van der Waals surface area (Å²) in [7, 11) is -1.91. The lowest BCUT2D eigenvalue weighted by atomic mass is 10.1. The van der Waals surface area contributed by atoms with Crippen molar-refractivity contribution in [3.05, 3.63) is 63.6 Å². The lowest BCUT2D eigenvalue weighted by Gasteiger charge is -2.25. The molecule has 0 aliphatic carbocycles. The van der Waals surface area contributed by atoms with Gasteiger partial charge in [-0.25, -0.2) is 13.6 Å². The molecule has 2 atom stereocenters. The fourth-order valence-electron chi connectivity index (χ4n) is 2.77. The number of hydrogen-bond acceptors (Lipinski definition) is 4. The summed E-state index contributed by atoms with van der Waals surface area (Å²) in [6.07, 6.45) is 0. The zero-order valence-electron chi connectivity index (χ0n) is 15.8. The number of nitrogens with zero attached hydrogens (tertiary/aromatic N) is 1. The fraction of sp³-hybridized carbons (Fsp3) is 0.316. The van der Waals surface area contributed by atoms with Crippen molar-refractivity contribution >= 4 is 39.1 Å². The van der Waals surface area contributed by atoms with E-state index in [1.54, 1.807) is 30.3 Å². The van der Waals surface area contributed by atoms with Gasteiger partial charge in [-0.1, -0.05) is 41.4 Å². The van der Waals surface area contributed by atoms with Gasteiger partial charge in [0.05, 0.1) is 17.5 Å². The molecule has 0 saturated heterocycles. The maximum atomic E-state index is 12.4. The van der Waals surface area contributed by atoms with E-state index >= 15 is 0 Å². The monoisotopic (exact) mass is 443 g/mol. The number of benzene rings is 2. The van der Waals surface area contributed by atoms with Crippen molar-refractivity contribution in [2.75, 3.05) is 13.6 Å². The highest BCUT2D eigenvalue weighted by molar-refractivity contribution is 7.89. The average molecular weight is 444 g/mol. The summed E-state index contributed by atoms with van der Waals surface area (Å²) in [4.78, 5) is 14.3. The van der Waals surface area contributed by atoms with Crippen LogP contribution in [0.1, 0.15) is 37.1 Å². The van der Waals surface area contributed by atoms with Crippen molar-refractivity contribution in [1.29, 1.82) is 0 Å². The van der Waals surface area contributed by atoms with E-state index < -0.39 is 10.0 Å². The van der Waals surface area contributed by atoms with E-state index in [0.29, 0.717) is 10.0 Å². The number of likely N-dealkylation sites (N-methyl/N-ethyl adjacent to an activating group) is 1. The Bertz CT molecular complexity index is 949. The largest absolute Gasteiger partial charge is 0.348 e.